The Bertz CT molecular complexity index is 1680. The summed E-state index contributed by atoms with van der Waals surface area (Å²) in [5.41, 5.74) is 6.34. The normalized spacial score (nSPS) is 16.7. The van der Waals surface area contributed by atoms with Gasteiger partial charge in [0.2, 0.25) is 0 Å². The molecule has 3 heterocycles. The number of aryl methyl sites for hydroxylation is 2. The molecule has 0 radical (unpaired) electrons. The summed E-state index contributed by atoms with van der Waals surface area (Å²) >= 11 is 5.92. The Labute approximate surface area is 238 Å². The van der Waals surface area contributed by atoms with Gasteiger partial charge in [-0.1, -0.05) is 36.4 Å². The second-order valence-corrected chi connectivity index (χ2v) is 10.4. The smallest absolute Gasteiger partial charge is 0.174 e. The Morgan fingerprint density at radius 1 is 0.875 bits per heavy atom. The van der Waals surface area contributed by atoms with Gasteiger partial charge in [-0.15, -0.1) is 0 Å². The molecule has 0 amide bonds. The van der Waals surface area contributed by atoms with Crippen LogP contribution in [0.1, 0.15) is 40.3 Å². The van der Waals surface area contributed by atoms with Gasteiger partial charge in [0.25, 0.3) is 0 Å². The van der Waals surface area contributed by atoms with E-state index in [0.29, 0.717) is 10.8 Å². The fraction of sp³-hybridized carbons (Fsp3) is 0.152. The van der Waals surface area contributed by atoms with Gasteiger partial charge in [0.15, 0.2) is 5.11 Å². The second-order valence-electron chi connectivity index (χ2n) is 9.97. The third kappa shape index (κ3) is 4.62. The summed E-state index contributed by atoms with van der Waals surface area (Å²) in [5, 5.41) is 4.12. The minimum absolute atomic E-state index is 0.203. The zero-order chi connectivity index (χ0) is 27.8. The van der Waals surface area contributed by atoms with Gasteiger partial charge in [-0.2, -0.15) is 0 Å². The van der Waals surface area contributed by atoms with Gasteiger partial charge in [0.05, 0.1) is 23.5 Å². The van der Waals surface area contributed by atoms with Crippen molar-refractivity contribution in [2.45, 2.75) is 32.9 Å². The van der Waals surface area contributed by atoms with Crippen molar-refractivity contribution in [2.75, 3.05) is 4.90 Å². The predicted octanol–water partition coefficient (Wildman–Crippen LogP) is 7.91. The summed E-state index contributed by atoms with van der Waals surface area (Å²) in [6.07, 6.45) is 1.79. The minimum atomic E-state index is -0.265. The van der Waals surface area contributed by atoms with Gasteiger partial charge in [-0.05, 0) is 105 Å². The minimum Gasteiger partial charge on any atom is -0.457 e. The number of para-hydroxylation sites is 2. The molecule has 1 fully saturated rings. The van der Waals surface area contributed by atoms with Gasteiger partial charge in [0.1, 0.15) is 17.3 Å². The fourth-order valence-corrected chi connectivity index (χ4v) is 5.86. The third-order valence-electron chi connectivity index (χ3n) is 7.42. The van der Waals surface area contributed by atoms with E-state index in [1.807, 2.05) is 98.1 Å². The van der Waals surface area contributed by atoms with Crippen molar-refractivity contribution < 1.29 is 9.13 Å². The summed E-state index contributed by atoms with van der Waals surface area (Å²) < 4.78 is 23.0. The van der Waals surface area contributed by atoms with Crippen molar-refractivity contribution in [3.63, 3.8) is 0 Å². The third-order valence-corrected chi connectivity index (χ3v) is 7.73. The molecule has 1 aliphatic heterocycles. The van der Waals surface area contributed by atoms with Crippen molar-refractivity contribution in [1.29, 1.82) is 0 Å². The van der Waals surface area contributed by atoms with E-state index in [9.17, 15) is 4.39 Å². The zero-order valence-corrected chi connectivity index (χ0v) is 23.3. The van der Waals surface area contributed by atoms with Gasteiger partial charge in [-0.3, -0.25) is 4.98 Å². The first-order valence-corrected chi connectivity index (χ1v) is 13.6. The maximum atomic E-state index is 14.9. The van der Waals surface area contributed by atoms with Crippen LogP contribution in [0, 0.1) is 26.6 Å². The molecule has 0 aliphatic carbocycles. The van der Waals surface area contributed by atoms with Crippen LogP contribution in [0.4, 0.5) is 10.1 Å². The lowest BCUT2D eigenvalue weighted by Gasteiger charge is -2.28. The molecular formula is C33H29FN4OS. The molecule has 5 nitrogen and oxygen atoms in total. The molecule has 7 heteroatoms. The summed E-state index contributed by atoms with van der Waals surface area (Å²) in [5.74, 6) is 1.30. The molecule has 0 unspecified atom stereocenters. The number of nitrogens with zero attached hydrogens (tertiary/aromatic N) is 3. The second kappa shape index (κ2) is 10.6. The molecular weight excluding hydrogens is 519 g/mol. The summed E-state index contributed by atoms with van der Waals surface area (Å²) in [7, 11) is 0. The van der Waals surface area contributed by atoms with Crippen LogP contribution in [0.15, 0.2) is 103 Å². The van der Waals surface area contributed by atoms with Gasteiger partial charge in [0, 0.05) is 23.3 Å². The lowest BCUT2D eigenvalue weighted by molar-refractivity contribution is 0.479. The molecule has 200 valence electrons. The molecule has 1 saturated heterocycles. The fourth-order valence-electron chi connectivity index (χ4n) is 5.51. The Morgan fingerprint density at radius 2 is 1.60 bits per heavy atom. The van der Waals surface area contributed by atoms with Crippen molar-refractivity contribution in [3.05, 3.63) is 137 Å². The van der Waals surface area contributed by atoms with E-state index in [2.05, 4.69) is 21.3 Å². The highest BCUT2D eigenvalue weighted by atomic mass is 32.1. The zero-order valence-electron chi connectivity index (χ0n) is 22.5. The van der Waals surface area contributed by atoms with Crippen LogP contribution in [-0.2, 0) is 0 Å². The summed E-state index contributed by atoms with van der Waals surface area (Å²) in [6, 6.07) is 30.3. The number of aromatic nitrogens is 2. The van der Waals surface area contributed by atoms with E-state index >= 15 is 0 Å². The molecule has 2 atom stereocenters. The molecule has 1 N–H and O–H groups in total. The van der Waals surface area contributed by atoms with Gasteiger partial charge >= 0.3 is 0 Å². The van der Waals surface area contributed by atoms with Crippen LogP contribution in [0.3, 0.4) is 0 Å². The Morgan fingerprint density at radius 3 is 2.33 bits per heavy atom. The molecule has 0 saturated carbocycles. The lowest BCUT2D eigenvalue weighted by Crippen LogP contribution is -2.29. The molecule has 0 spiro atoms. The van der Waals surface area contributed by atoms with Crippen molar-refractivity contribution in [1.82, 2.24) is 14.9 Å². The van der Waals surface area contributed by atoms with Crippen molar-refractivity contribution in [2.24, 2.45) is 0 Å². The first-order chi connectivity index (χ1) is 19.4. The number of ether oxygens (including phenoxy) is 1. The number of anilines is 1. The van der Waals surface area contributed by atoms with Crippen LogP contribution in [0.5, 0.6) is 11.5 Å². The molecule has 1 aliphatic rings. The van der Waals surface area contributed by atoms with E-state index in [0.717, 1.165) is 45.4 Å². The number of nitrogens with one attached hydrogen (secondary N) is 1. The first kappa shape index (κ1) is 25.8. The molecule has 40 heavy (non-hydrogen) atoms. The van der Waals surface area contributed by atoms with Crippen LogP contribution in [-0.4, -0.2) is 14.7 Å². The van der Waals surface area contributed by atoms with Crippen LogP contribution in [0.25, 0.3) is 5.69 Å². The number of thiocarbonyl (C=S) groups is 1. The number of rotatable bonds is 6. The maximum Gasteiger partial charge on any atom is 0.174 e. The molecule has 2 aromatic heterocycles. The average Bonchev–Trinajstić information content (AvgIpc) is 3.46. The van der Waals surface area contributed by atoms with E-state index in [1.54, 1.807) is 18.3 Å². The largest absolute Gasteiger partial charge is 0.457 e. The summed E-state index contributed by atoms with van der Waals surface area (Å²) in [6.45, 7) is 6.06. The molecule has 6 rings (SSSR count). The average molecular weight is 549 g/mol. The number of benzene rings is 3. The number of hydrogen-bond donors (Lipinski definition) is 1. The predicted molar refractivity (Wildman–Crippen MR) is 161 cm³/mol. The maximum absolute atomic E-state index is 14.9. The first-order valence-electron chi connectivity index (χ1n) is 13.2. The van der Waals surface area contributed by atoms with E-state index in [-0.39, 0.29) is 17.9 Å². The van der Waals surface area contributed by atoms with E-state index in [1.165, 1.54) is 6.07 Å². The Balaban J connectivity index is 1.42. The molecule has 0 bridgehead atoms. The highest BCUT2D eigenvalue weighted by Gasteiger charge is 2.42. The topological polar surface area (TPSA) is 42.3 Å². The van der Waals surface area contributed by atoms with E-state index < -0.39 is 0 Å². The Hall–Kier alpha value is -4.49. The van der Waals surface area contributed by atoms with Crippen LogP contribution < -0.4 is 15.0 Å². The highest BCUT2D eigenvalue weighted by molar-refractivity contribution is 7.80. The van der Waals surface area contributed by atoms with Crippen molar-refractivity contribution in [3.8, 4) is 17.2 Å². The number of pyridine rings is 1. The van der Waals surface area contributed by atoms with Gasteiger partial charge < -0.3 is 19.5 Å². The van der Waals surface area contributed by atoms with Crippen molar-refractivity contribution >= 4 is 23.0 Å². The van der Waals surface area contributed by atoms with E-state index in [4.69, 9.17) is 17.0 Å². The molecule has 5 aromatic rings. The summed E-state index contributed by atoms with van der Waals surface area (Å²) in [4.78, 5) is 6.79. The number of hydrogen-bond acceptors (Lipinski definition) is 3. The highest BCUT2D eigenvalue weighted by Crippen LogP contribution is 2.44. The Kier molecular flexibility index (Phi) is 6.82. The molecule has 3 aromatic carbocycles. The number of halogens is 1. The van der Waals surface area contributed by atoms with Crippen LogP contribution >= 0.6 is 12.2 Å². The lowest BCUT2D eigenvalue weighted by atomic mass is 9.96. The van der Waals surface area contributed by atoms with Gasteiger partial charge in [-0.25, -0.2) is 4.39 Å². The quantitative estimate of drug-likeness (QED) is 0.219. The monoisotopic (exact) mass is 548 g/mol. The SMILES string of the molecule is Cc1ccccc1Oc1ccc(N2C(=S)N[C@H](c3ccccn3)[C@H]2c2cc(C)n(-c3ccccc3F)c2C)cc1. The standard InChI is InChI=1S/C33H29FN4OS/c1-21-10-4-7-14-30(21)39-25-17-15-24(16-18-25)38-32(31(36-33(38)40)28-12-8-9-19-35-28)26-20-22(2)37(23(26)3)29-13-6-5-11-27(29)34/h4-20,31-32H,1-3H3,(H,36,40)/t31-,32-/m1/s1. The van der Waals surface area contributed by atoms with Crippen LogP contribution in [0.2, 0.25) is 0 Å².